The van der Waals surface area contributed by atoms with Gasteiger partial charge in [-0.15, -0.1) is 0 Å². The van der Waals surface area contributed by atoms with Gasteiger partial charge in [0.05, 0.1) is 17.2 Å². The standard InChI is InChI=1S/C10H6FN3O/c11-6-1-2-8-7(5-6)13-10(15)9-3-4-12-14(8)9/h1-5H,(H,13,15). The summed E-state index contributed by atoms with van der Waals surface area (Å²) in [6.07, 6.45) is 1.54. The van der Waals surface area contributed by atoms with Crippen LogP contribution in [0, 0.1) is 5.82 Å². The lowest BCUT2D eigenvalue weighted by Crippen LogP contribution is -2.10. The Morgan fingerprint density at radius 3 is 3.00 bits per heavy atom. The SMILES string of the molecule is O=c1[nH]c2cc(F)ccc2n2nccc12. The topological polar surface area (TPSA) is 50.2 Å². The van der Waals surface area contributed by atoms with Gasteiger partial charge in [0.1, 0.15) is 11.3 Å². The van der Waals surface area contributed by atoms with E-state index in [-0.39, 0.29) is 11.4 Å². The third-order valence-corrected chi connectivity index (χ3v) is 2.31. The van der Waals surface area contributed by atoms with Gasteiger partial charge in [0.2, 0.25) is 0 Å². The lowest BCUT2D eigenvalue weighted by atomic mass is 10.3. The summed E-state index contributed by atoms with van der Waals surface area (Å²) >= 11 is 0. The zero-order valence-corrected chi connectivity index (χ0v) is 7.57. The van der Waals surface area contributed by atoms with Crippen LogP contribution in [0.2, 0.25) is 0 Å². The first kappa shape index (κ1) is 8.16. The summed E-state index contributed by atoms with van der Waals surface area (Å²) < 4.78 is 14.4. The summed E-state index contributed by atoms with van der Waals surface area (Å²) in [4.78, 5) is 14.1. The Labute approximate surface area is 83.0 Å². The smallest absolute Gasteiger partial charge is 0.274 e. The van der Waals surface area contributed by atoms with Crippen LogP contribution in [0.5, 0.6) is 0 Å². The van der Waals surface area contributed by atoms with Crippen LogP contribution < -0.4 is 5.56 Å². The highest BCUT2D eigenvalue weighted by atomic mass is 19.1. The summed E-state index contributed by atoms with van der Waals surface area (Å²) in [7, 11) is 0. The maximum Gasteiger partial charge on any atom is 0.274 e. The molecule has 1 N–H and O–H groups in total. The molecule has 5 heteroatoms. The molecule has 0 amide bonds. The number of rotatable bonds is 0. The fourth-order valence-electron chi connectivity index (χ4n) is 1.65. The number of aromatic amines is 1. The molecule has 0 bridgehead atoms. The van der Waals surface area contributed by atoms with Crippen LogP contribution in [-0.2, 0) is 0 Å². The van der Waals surface area contributed by atoms with E-state index in [9.17, 15) is 9.18 Å². The van der Waals surface area contributed by atoms with E-state index in [0.717, 1.165) is 0 Å². The van der Waals surface area contributed by atoms with Gasteiger partial charge in [-0.05, 0) is 24.3 Å². The predicted molar refractivity (Wildman–Crippen MR) is 53.3 cm³/mol. The number of aromatic nitrogens is 3. The fraction of sp³-hybridized carbons (Fsp3) is 0. The molecule has 0 unspecified atom stereocenters. The largest absolute Gasteiger partial charge is 0.319 e. The van der Waals surface area contributed by atoms with Crippen molar-refractivity contribution in [1.82, 2.24) is 14.6 Å². The van der Waals surface area contributed by atoms with Gasteiger partial charge in [-0.25, -0.2) is 8.91 Å². The number of benzene rings is 1. The molecule has 2 aromatic heterocycles. The average molecular weight is 203 g/mol. The molecular formula is C10H6FN3O. The molecule has 0 radical (unpaired) electrons. The molecule has 0 spiro atoms. The molecule has 15 heavy (non-hydrogen) atoms. The van der Waals surface area contributed by atoms with Crippen molar-refractivity contribution >= 4 is 16.6 Å². The molecule has 0 aliphatic heterocycles. The molecule has 3 aromatic rings. The number of halogens is 1. The van der Waals surface area contributed by atoms with Crippen molar-refractivity contribution in [1.29, 1.82) is 0 Å². The van der Waals surface area contributed by atoms with Gasteiger partial charge >= 0.3 is 0 Å². The quantitative estimate of drug-likeness (QED) is 0.599. The van der Waals surface area contributed by atoms with Gasteiger partial charge < -0.3 is 4.98 Å². The fourth-order valence-corrected chi connectivity index (χ4v) is 1.65. The number of hydrogen-bond acceptors (Lipinski definition) is 2. The Kier molecular flexibility index (Phi) is 1.45. The zero-order chi connectivity index (χ0) is 10.4. The van der Waals surface area contributed by atoms with Gasteiger partial charge in [-0.3, -0.25) is 4.79 Å². The van der Waals surface area contributed by atoms with Crippen molar-refractivity contribution in [2.24, 2.45) is 0 Å². The molecule has 0 saturated carbocycles. The summed E-state index contributed by atoms with van der Waals surface area (Å²) in [6, 6.07) is 5.81. The zero-order valence-electron chi connectivity index (χ0n) is 7.57. The second-order valence-electron chi connectivity index (χ2n) is 3.24. The van der Waals surface area contributed by atoms with Crippen LogP contribution in [0.25, 0.3) is 16.6 Å². The number of hydrogen-bond donors (Lipinski definition) is 1. The third kappa shape index (κ3) is 1.06. The van der Waals surface area contributed by atoms with E-state index in [1.165, 1.54) is 22.8 Å². The molecule has 3 rings (SSSR count). The summed E-state index contributed by atoms with van der Waals surface area (Å²) in [6.45, 7) is 0. The maximum absolute atomic E-state index is 12.9. The van der Waals surface area contributed by atoms with Crippen LogP contribution in [0.3, 0.4) is 0 Å². The Morgan fingerprint density at radius 2 is 2.13 bits per heavy atom. The van der Waals surface area contributed by atoms with Gasteiger partial charge in [-0.2, -0.15) is 5.10 Å². The second kappa shape index (κ2) is 2.66. The summed E-state index contributed by atoms with van der Waals surface area (Å²) in [5, 5.41) is 4.01. The van der Waals surface area contributed by atoms with E-state index >= 15 is 0 Å². The lowest BCUT2D eigenvalue weighted by molar-refractivity contribution is 0.629. The summed E-state index contributed by atoms with van der Waals surface area (Å²) in [5.41, 5.74) is 1.30. The predicted octanol–water partition coefficient (Wildman–Crippen LogP) is 1.31. The Bertz CT molecular complexity index is 713. The maximum atomic E-state index is 12.9. The Balaban J connectivity index is 2.66. The third-order valence-electron chi connectivity index (χ3n) is 2.31. The van der Waals surface area contributed by atoms with Crippen LogP contribution in [0.1, 0.15) is 0 Å². The van der Waals surface area contributed by atoms with E-state index in [2.05, 4.69) is 10.1 Å². The minimum atomic E-state index is -0.385. The number of H-pyrrole nitrogens is 1. The van der Waals surface area contributed by atoms with Crippen LogP contribution in [0.15, 0.2) is 35.3 Å². The van der Waals surface area contributed by atoms with Crippen LogP contribution in [0.4, 0.5) is 4.39 Å². The van der Waals surface area contributed by atoms with Crippen molar-refractivity contribution in [3.05, 3.63) is 46.6 Å². The van der Waals surface area contributed by atoms with Gasteiger partial charge in [0.15, 0.2) is 0 Å². The molecule has 0 aliphatic rings. The number of fused-ring (bicyclic) bond motifs is 3. The number of nitrogens with zero attached hydrogens (tertiary/aromatic N) is 2. The van der Waals surface area contributed by atoms with Gasteiger partial charge in [0, 0.05) is 0 Å². The molecule has 1 aromatic carbocycles. The molecular weight excluding hydrogens is 197 g/mol. The average Bonchev–Trinajstić information content (AvgIpc) is 2.66. The van der Waals surface area contributed by atoms with Crippen LogP contribution >= 0.6 is 0 Å². The molecule has 0 aliphatic carbocycles. The molecule has 0 fully saturated rings. The first-order chi connectivity index (χ1) is 7.25. The van der Waals surface area contributed by atoms with Crippen molar-refractivity contribution in [3.8, 4) is 0 Å². The van der Waals surface area contributed by atoms with E-state index in [4.69, 9.17) is 0 Å². The van der Waals surface area contributed by atoms with Crippen molar-refractivity contribution in [2.75, 3.05) is 0 Å². The van der Waals surface area contributed by atoms with Crippen molar-refractivity contribution in [2.45, 2.75) is 0 Å². The molecule has 0 atom stereocenters. The lowest BCUT2D eigenvalue weighted by Gasteiger charge is -2.00. The highest BCUT2D eigenvalue weighted by Crippen LogP contribution is 2.12. The molecule has 74 valence electrons. The highest BCUT2D eigenvalue weighted by molar-refractivity contribution is 5.77. The molecule has 4 nitrogen and oxygen atoms in total. The second-order valence-corrected chi connectivity index (χ2v) is 3.24. The monoisotopic (exact) mass is 203 g/mol. The minimum Gasteiger partial charge on any atom is -0.319 e. The van der Waals surface area contributed by atoms with Crippen LogP contribution in [-0.4, -0.2) is 14.6 Å². The first-order valence-corrected chi connectivity index (χ1v) is 4.41. The van der Waals surface area contributed by atoms with E-state index in [1.54, 1.807) is 12.1 Å². The highest BCUT2D eigenvalue weighted by Gasteiger charge is 2.05. The summed E-state index contributed by atoms with van der Waals surface area (Å²) in [5.74, 6) is -0.385. The van der Waals surface area contributed by atoms with Gasteiger partial charge in [0.25, 0.3) is 5.56 Å². The minimum absolute atomic E-state index is 0.273. The normalized spacial score (nSPS) is 11.3. The molecule has 2 heterocycles. The van der Waals surface area contributed by atoms with E-state index < -0.39 is 0 Å². The Hall–Kier alpha value is -2.17. The number of nitrogens with one attached hydrogen (secondary N) is 1. The molecule has 0 saturated heterocycles. The van der Waals surface area contributed by atoms with E-state index in [0.29, 0.717) is 16.6 Å². The van der Waals surface area contributed by atoms with Gasteiger partial charge in [-0.1, -0.05) is 0 Å². The van der Waals surface area contributed by atoms with Crippen molar-refractivity contribution < 1.29 is 4.39 Å². The first-order valence-electron chi connectivity index (χ1n) is 4.41. The van der Waals surface area contributed by atoms with E-state index in [1.807, 2.05) is 0 Å². The van der Waals surface area contributed by atoms with Crippen molar-refractivity contribution in [3.63, 3.8) is 0 Å². The Morgan fingerprint density at radius 1 is 1.27 bits per heavy atom.